The van der Waals surface area contributed by atoms with Gasteiger partial charge in [0.05, 0.1) is 16.7 Å². The molecule has 1 aromatic carbocycles. The first-order valence-corrected chi connectivity index (χ1v) is 7.25. The fourth-order valence-electron chi connectivity index (χ4n) is 1.27. The van der Waals surface area contributed by atoms with Gasteiger partial charge in [-0.3, -0.25) is 0 Å². The highest BCUT2D eigenvalue weighted by Gasteiger charge is 2.16. The molecular formula is C12H19NO3S. The highest BCUT2D eigenvalue weighted by molar-refractivity contribution is 7.91. The van der Waals surface area contributed by atoms with E-state index in [0.717, 1.165) is 5.56 Å². The van der Waals surface area contributed by atoms with Crippen molar-refractivity contribution in [2.75, 3.05) is 18.1 Å². The van der Waals surface area contributed by atoms with Gasteiger partial charge in [-0.2, -0.15) is 0 Å². The number of hydrogen-bond acceptors (Lipinski definition) is 4. The first kappa shape index (κ1) is 13.8. The third-order valence-electron chi connectivity index (χ3n) is 2.51. The molecule has 5 heteroatoms. The van der Waals surface area contributed by atoms with Crippen LogP contribution in [0.25, 0.3) is 0 Å². The van der Waals surface area contributed by atoms with E-state index in [1.54, 1.807) is 26.0 Å². The van der Waals surface area contributed by atoms with Gasteiger partial charge in [0.1, 0.15) is 12.4 Å². The van der Waals surface area contributed by atoms with E-state index in [1.165, 1.54) is 0 Å². The Labute approximate surface area is 103 Å². The van der Waals surface area contributed by atoms with Crippen LogP contribution in [0, 0.1) is 6.92 Å². The van der Waals surface area contributed by atoms with Crippen LogP contribution in [0.1, 0.15) is 19.4 Å². The van der Waals surface area contributed by atoms with Gasteiger partial charge >= 0.3 is 0 Å². The van der Waals surface area contributed by atoms with Crippen LogP contribution in [-0.4, -0.2) is 26.0 Å². The molecule has 0 amide bonds. The predicted molar refractivity (Wildman–Crippen MR) is 70.0 cm³/mol. The number of sulfone groups is 1. The lowest BCUT2D eigenvalue weighted by atomic mass is 10.2. The molecule has 1 rings (SSSR count). The van der Waals surface area contributed by atoms with E-state index in [2.05, 4.69) is 0 Å². The quantitative estimate of drug-likeness (QED) is 0.816. The maximum Gasteiger partial charge on any atom is 0.155 e. The molecule has 1 aromatic rings. The molecule has 0 saturated heterocycles. The number of hydrogen-bond donors (Lipinski definition) is 1. The van der Waals surface area contributed by atoms with Crippen LogP contribution < -0.4 is 10.5 Å². The van der Waals surface area contributed by atoms with Crippen LogP contribution in [0.2, 0.25) is 0 Å². The summed E-state index contributed by atoms with van der Waals surface area (Å²) in [6.07, 6.45) is 0. The van der Waals surface area contributed by atoms with E-state index in [4.69, 9.17) is 10.5 Å². The van der Waals surface area contributed by atoms with Crippen molar-refractivity contribution in [3.63, 3.8) is 0 Å². The Bertz CT molecular complexity index is 481. The highest BCUT2D eigenvalue weighted by atomic mass is 32.2. The van der Waals surface area contributed by atoms with Gasteiger partial charge in [0, 0.05) is 0 Å². The molecule has 0 aromatic heterocycles. The molecule has 0 unspecified atom stereocenters. The third kappa shape index (κ3) is 3.93. The summed E-state index contributed by atoms with van der Waals surface area (Å²) in [5.74, 6) is 0.557. The molecule has 0 bridgehead atoms. The van der Waals surface area contributed by atoms with E-state index < -0.39 is 9.84 Å². The minimum atomic E-state index is -3.06. The van der Waals surface area contributed by atoms with Gasteiger partial charge in [0.15, 0.2) is 9.84 Å². The number of aryl methyl sites for hydroxylation is 1. The molecule has 0 atom stereocenters. The van der Waals surface area contributed by atoms with E-state index >= 15 is 0 Å². The van der Waals surface area contributed by atoms with Crippen LogP contribution >= 0.6 is 0 Å². The summed E-state index contributed by atoms with van der Waals surface area (Å²) in [4.78, 5) is 0. The summed E-state index contributed by atoms with van der Waals surface area (Å²) in [6, 6.07) is 5.44. The van der Waals surface area contributed by atoms with Crippen LogP contribution in [0.4, 0.5) is 5.69 Å². The summed E-state index contributed by atoms with van der Waals surface area (Å²) >= 11 is 0. The van der Waals surface area contributed by atoms with Gasteiger partial charge in [-0.05, 0) is 38.5 Å². The van der Waals surface area contributed by atoms with Crippen molar-refractivity contribution in [2.45, 2.75) is 26.0 Å². The van der Waals surface area contributed by atoms with Crippen LogP contribution in [0.3, 0.4) is 0 Å². The van der Waals surface area contributed by atoms with E-state index in [9.17, 15) is 8.42 Å². The monoisotopic (exact) mass is 257 g/mol. The van der Waals surface area contributed by atoms with Gasteiger partial charge in [0.2, 0.25) is 0 Å². The maximum atomic E-state index is 11.6. The fraction of sp³-hybridized carbons (Fsp3) is 0.500. The lowest BCUT2D eigenvalue weighted by molar-refractivity contribution is 0.342. The van der Waals surface area contributed by atoms with Gasteiger partial charge in [-0.25, -0.2) is 8.42 Å². The zero-order valence-electron chi connectivity index (χ0n) is 10.4. The second-order valence-corrected chi connectivity index (χ2v) is 6.98. The lowest BCUT2D eigenvalue weighted by Gasteiger charge is -2.11. The fourth-order valence-corrected chi connectivity index (χ4v) is 2.06. The van der Waals surface area contributed by atoms with Crippen molar-refractivity contribution in [1.82, 2.24) is 0 Å². The molecule has 0 aliphatic rings. The van der Waals surface area contributed by atoms with Crippen LogP contribution in [0.15, 0.2) is 18.2 Å². The number of anilines is 1. The van der Waals surface area contributed by atoms with Crippen molar-refractivity contribution in [2.24, 2.45) is 0 Å². The van der Waals surface area contributed by atoms with Gasteiger partial charge in [-0.1, -0.05) is 6.07 Å². The van der Waals surface area contributed by atoms with E-state index in [0.29, 0.717) is 11.4 Å². The summed E-state index contributed by atoms with van der Waals surface area (Å²) < 4.78 is 28.5. The lowest BCUT2D eigenvalue weighted by Crippen LogP contribution is -2.22. The SMILES string of the molecule is Cc1ccc(N)c(OCCS(=O)(=O)C(C)C)c1. The van der Waals surface area contributed by atoms with Crippen molar-refractivity contribution in [1.29, 1.82) is 0 Å². The van der Waals surface area contributed by atoms with Crippen molar-refractivity contribution >= 4 is 15.5 Å². The average Bonchev–Trinajstić information content (AvgIpc) is 2.22. The third-order valence-corrected chi connectivity index (χ3v) is 4.68. The van der Waals surface area contributed by atoms with Crippen LogP contribution in [0.5, 0.6) is 5.75 Å². The number of nitrogen functional groups attached to an aromatic ring is 1. The standard InChI is InChI=1S/C12H19NO3S/c1-9(2)17(14,15)7-6-16-12-8-10(3)4-5-11(12)13/h4-5,8-9H,6-7,13H2,1-3H3. The number of benzene rings is 1. The topological polar surface area (TPSA) is 69.4 Å². The second-order valence-electron chi connectivity index (χ2n) is 4.31. The molecule has 0 spiro atoms. The molecule has 2 N–H and O–H groups in total. The first-order valence-electron chi connectivity index (χ1n) is 5.53. The second kappa shape index (κ2) is 5.40. The zero-order chi connectivity index (χ0) is 13.1. The molecule has 0 heterocycles. The van der Waals surface area contributed by atoms with E-state index in [-0.39, 0.29) is 17.6 Å². The molecule has 0 fully saturated rings. The summed E-state index contributed by atoms with van der Waals surface area (Å²) in [5.41, 5.74) is 7.28. The average molecular weight is 257 g/mol. The molecular weight excluding hydrogens is 238 g/mol. The maximum absolute atomic E-state index is 11.6. The summed E-state index contributed by atoms with van der Waals surface area (Å²) in [6.45, 7) is 5.39. The Kier molecular flexibility index (Phi) is 4.40. The van der Waals surface area contributed by atoms with Crippen molar-refractivity contribution in [3.05, 3.63) is 23.8 Å². The van der Waals surface area contributed by atoms with Crippen molar-refractivity contribution in [3.8, 4) is 5.75 Å². The molecule has 96 valence electrons. The van der Waals surface area contributed by atoms with Gasteiger partial charge in [-0.15, -0.1) is 0 Å². The zero-order valence-corrected chi connectivity index (χ0v) is 11.3. The molecule has 0 saturated carbocycles. The molecule has 17 heavy (non-hydrogen) atoms. The van der Waals surface area contributed by atoms with Crippen molar-refractivity contribution < 1.29 is 13.2 Å². The predicted octanol–water partition coefficient (Wildman–Crippen LogP) is 1.78. The molecule has 0 radical (unpaired) electrons. The Hall–Kier alpha value is -1.23. The summed E-state index contributed by atoms with van der Waals surface area (Å²) in [7, 11) is -3.06. The largest absolute Gasteiger partial charge is 0.490 e. The van der Waals surface area contributed by atoms with E-state index in [1.807, 2.05) is 13.0 Å². The summed E-state index contributed by atoms with van der Waals surface area (Å²) in [5, 5.41) is -0.374. The van der Waals surface area contributed by atoms with Gasteiger partial charge in [0.25, 0.3) is 0 Å². The first-order chi connectivity index (χ1) is 7.83. The number of rotatable bonds is 5. The molecule has 0 aliphatic heterocycles. The number of nitrogens with two attached hydrogens (primary N) is 1. The normalized spacial score (nSPS) is 11.8. The number of ether oxygens (including phenoxy) is 1. The minimum Gasteiger partial charge on any atom is -0.490 e. The molecule has 4 nitrogen and oxygen atoms in total. The Morgan fingerprint density at radius 2 is 2.00 bits per heavy atom. The Morgan fingerprint density at radius 3 is 2.59 bits per heavy atom. The Balaban J connectivity index is 2.60. The highest BCUT2D eigenvalue weighted by Crippen LogP contribution is 2.22. The van der Waals surface area contributed by atoms with Crippen LogP contribution in [-0.2, 0) is 9.84 Å². The Morgan fingerprint density at radius 1 is 1.35 bits per heavy atom. The molecule has 0 aliphatic carbocycles. The van der Waals surface area contributed by atoms with Gasteiger partial charge < -0.3 is 10.5 Å². The smallest absolute Gasteiger partial charge is 0.155 e. The minimum absolute atomic E-state index is 0.0120.